The third-order valence-electron chi connectivity index (χ3n) is 4.62. The SMILES string of the molecule is CN(c1ccccc1)S(=O)(=O)c1cccc(NC(=O)c2cn(-c3ccccc3)nn2)c1. The van der Waals surface area contributed by atoms with Crippen molar-refractivity contribution in [2.75, 3.05) is 16.7 Å². The van der Waals surface area contributed by atoms with Crippen LogP contribution in [0.4, 0.5) is 11.4 Å². The molecule has 4 aromatic rings. The second-order valence-electron chi connectivity index (χ2n) is 6.67. The average Bonchev–Trinajstić information content (AvgIpc) is 3.30. The van der Waals surface area contributed by atoms with Crippen molar-refractivity contribution in [3.8, 4) is 5.69 Å². The van der Waals surface area contributed by atoms with Crippen LogP contribution >= 0.6 is 0 Å². The molecule has 1 heterocycles. The largest absolute Gasteiger partial charge is 0.321 e. The molecule has 3 aromatic carbocycles. The predicted octanol–water partition coefficient (Wildman–Crippen LogP) is 3.34. The van der Waals surface area contributed by atoms with Gasteiger partial charge >= 0.3 is 0 Å². The maximum absolute atomic E-state index is 13.0. The van der Waals surface area contributed by atoms with Crippen molar-refractivity contribution >= 4 is 27.3 Å². The molecule has 156 valence electrons. The fraction of sp³-hybridized carbons (Fsp3) is 0.0455. The molecular formula is C22H19N5O3S. The quantitative estimate of drug-likeness (QED) is 0.503. The van der Waals surface area contributed by atoms with Crippen LogP contribution in [0.3, 0.4) is 0 Å². The number of nitrogens with one attached hydrogen (secondary N) is 1. The molecular weight excluding hydrogens is 414 g/mol. The first-order chi connectivity index (χ1) is 14.9. The van der Waals surface area contributed by atoms with Gasteiger partial charge in [-0.15, -0.1) is 5.10 Å². The fourth-order valence-electron chi connectivity index (χ4n) is 2.94. The Morgan fingerprint density at radius 2 is 1.61 bits per heavy atom. The van der Waals surface area contributed by atoms with Gasteiger partial charge < -0.3 is 5.32 Å². The van der Waals surface area contributed by atoms with Gasteiger partial charge in [-0.05, 0) is 42.5 Å². The Kier molecular flexibility index (Phi) is 5.50. The van der Waals surface area contributed by atoms with Gasteiger partial charge in [-0.1, -0.05) is 47.7 Å². The summed E-state index contributed by atoms with van der Waals surface area (Å²) in [6, 6.07) is 24.1. The zero-order valence-corrected chi connectivity index (χ0v) is 17.4. The molecule has 0 saturated heterocycles. The number of hydrogen-bond acceptors (Lipinski definition) is 5. The first-order valence-electron chi connectivity index (χ1n) is 9.38. The van der Waals surface area contributed by atoms with E-state index in [1.54, 1.807) is 36.4 Å². The Morgan fingerprint density at radius 3 is 2.32 bits per heavy atom. The normalized spacial score (nSPS) is 11.1. The topological polar surface area (TPSA) is 97.2 Å². The summed E-state index contributed by atoms with van der Waals surface area (Å²) >= 11 is 0. The summed E-state index contributed by atoms with van der Waals surface area (Å²) in [4.78, 5) is 12.6. The first-order valence-corrected chi connectivity index (χ1v) is 10.8. The van der Waals surface area contributed by atoms with Crippen LogP contribution in [0.2, 0.25) is 0 Å². The number of aromatic nitrogens is 3. The Labute approximate surface area is 179 Å². The minimum absolute atomic E-state index is 0.0598. The maximum atomic E-state index is 13.0. The summed E-state index contributed by atoms with van der Waals surface area (Å²) in [6.45, 7) is 0. The molecule has 0 aliphatic heterocycles. The van der Waals surface area contributed by atoms with E-state index in [9.17, 15) is 13.2 Å². The molecule has 8 nitrogen and oxygen atoms in total. The lowest BCUT2D eigenvalue weighted by Gasteiger charge is -2.19. The van der Waals surface area contributed by atoms with Crippen molar-refractivity contribution in [1.82, 2.24) is 15.0 Å². The van der Waals surface area contributed by atoms with Crippen LogP contribution < -0.4 is 9.62 Å². The summed E-state index contributed by atoms with van der Waals surface area (Å²) in [5, 5.41) is 10.5. The third kappa shape index (κ3) is 4.31. The molecule has 0 bridgehead atoms. The lowest BCUT2D eigenvalue weighted by molar-refractivity contribution is 0.102. The molecule has 0 unspecified atom stereocenters. The van der Waals surface area contributed by atoms with Crippen molar-refractivity contribution in [2.24, 2.45) is 0 Å². The van der Waals surface area contributed by atoms with Gasteiger partial charge in [-0.2, -0.15) is 0 Å². The number of benzene rings is 3. The van der Waals surface area contributed by atoms with Crippen LogP contribution in [0.5, 0.6) is 0 Å². The standard InChI is InChI=1S/C22H19N5O3S/c1-26(18-10-4-2-5-11-18)31(29,30)20-14-8-9-17(15-20)23-22(28)21-16-27(25-24-21)19-12-6-3-7-13-19/h2-16H,1H3,(H,23,28). The fourth-order valence-corrected chi connectivity index (χ4v) is 4.18. The van der Waals surface area contributed by atoms with Crippen molar-refractivity contribution in [2.45, 2.75) is 4.90 Å². The Bertz CT molecular complexity index is 1310. The number of sulfonamides is 1. The Balaban J connectivity index is 1.54. The van der Waals surface area contributed by atoms with Crippen LogP contribution in [0.15, 0.2) is 96.0 Å². The van der Waals surface area contributed by atoms with E-state index in [0.29, 0.717) is 11.4 Å². The Hall–Kier alpha value is -3.98. The zero-order valence-electron chi connectivity index (χ0n) is 16.6. The molecule has 0 spiro atoms. The lowest BCUT2D eigenvalue weighted by Crippen LogP contribution is -2.26. The number of carbonyl (C=O) groups excluding carboxylic acids is 1. The van der Waals surface area contributed by atoms with Gasteiger partial charge in [-0.25, -0.2) is 13.1 Å². The molecule has 0 fully saturated rings. The number of para-hydroxylation sites is 2. The number of hydrogen-bond donors (Lipinski definition) is 1. The van der Waals surface area contributed by atoms with E-state index in [-0.39, 0.29) is 10.6 Å². The van der Waals surface area contributed by atoms with E-state index < -0.39 is 15.9 Å². The second kappa shape index (κ2) is 8.41. The van der Waals surface area contributed by atoms with E-state index in [4.69, 9.17) is 0 Å². The minimum atomic E-state index is -3.80. The van der Waals surface area contributed by atoms with Gasteiger partial charge in [0.25, 0.3) is 15.9 Å². The summed E-state index contributed by atoms with van der Waals surface area (Å²) in [6.07, 6.45) is 1.51. The van der Waals surface area contributed by atoms with Crippen LogP contribution in [0.25, 0.3) is 5.69 Å². The van der Waals surface area contributed by atoms with E-state index in [2.05, 4.69) is 15.6 Å². The van der Waals surface area contributed by atoms with Crippen molar-refractivity contribution < 1.29 is 13.2 Å². The Morgan fingerprint density at radius 1 is 0.935 bits per heavy atom. The molecule has 0 radical (unpaired) electrons. The molecule has 1 N–H and O–H groups in total. The number of carbonyl (C=O) groups is 1. The number of nitrogens with zero attached hydrogens (tertiary/aromatic N) is 4. The molecule has 4 rings (SSSR count). The van der Waals surface area contributed by atoms with Gasteiger partial charge in [-0.3, -0.25) is 9.10 Å². The third-order valence-corrected chi connectivity index (χ3v) is 6.40. The van der Waals surface area contributed by atoms with Crippen LogP contribution in [0.1, 0.15) is 10.5 Å². The van der Waals surface area contributed by atoms with Crippen LogP contribution in [-0.4, -0.2) is 36.4 Å². The van der Waals surface area contributed by atoms with Gasteiger partial charge in [0.15, 0.2) is 5.69 Å². The smallest absolute Gasteiger partial charge is 0.277 e. The highest BCUT2D eigenvalue weighted by atomic mass is 32.2. The summed E-state index contributed by atoms with van der Waals surface area (Å²) < 4.78 is 28.7. The van der Waals surface area contributed by atoms with Gasteiger partial charge in [0, 0.05) is 12.7 Å². The van der Waals surface area contributed by atoms with Crippen molar-refractivity contribution in [3.05, 3.63) is 96.8 Å². The maximum Gasteiger partial charge on any atom is 0.277 e. The molecule has 0 aliphatic rings. The van der Waals surface area contributed by atoms with Crippen molar-refractivity contribution in [3.63, 3.8) is 0 Å². The summed E-state index contributed by atoms with van der Waals surface area (Å²) in [5.41, 5.74) is 1.75. The van der Waals surface area contributed by atoms with E-state index >= 15 is 0 Å². The molecule has 1 amide bonds. The van der Waals surface area contributed by atoms with Gasteiger partial charge in [0.2, 0.25) is 0 Å². The minimum Gasteiger partial charge on any atom is -0.321 e. The molecule has 0 aliphatic carbocycles. The van der Waals surface area contributed by atoms with E-state index in [1.165, 1.54) is 34.4 Å². The molecule has 9 heteroatoms. The lowest BCUT2D eigenvalue weighted by atomic mass is 10.3. The van der Waals surface area contributed by atoms with Gasteiger partial charge in [0.05, 0.1) is 22.5 Å². The van der Waals surface area contributed by atoms with Crippen molar-refractivity contribution in [1.29, 1.82) is 0 Å². The van der Waals surface area contributed by atoms with Crippen LogP contribution in [-0.2, 0) is 10.0 Å². The number of amides is 1. The highest BCUT2D eigenvalue weighted by Gasteiger charge is 2.22. The average molecular weight is 433 g/mol. The van der Waals surface area contributed by atoms with Gasteiger partial charge in [0.1, 0.15) is 0 Å². The van der Waals surface area contributed by atoms with E-state index in [0.717, 1.165) is 5.69 Å². The number of anilines is 2. The molecule has 1 aromatic heterocycles. The molecule has 0 saturated carbocycles. The second-order valence-corrected chi connectivity index (χ2v) is 8.64. The van der Waals surface area contributed by atoms with E-state index in [1.807, 2.05) is 36.4 Å². The summed E-state index contributed by atoms with van der Waals surface area (Å²) in [7, 11) is -2.31. The monoisotopic (exact) mass is 433 g/mol. The van der Waals surface area contributed by atoms with Crippen LogP contribution in [0, 0.1) is 0 Å². The zero-order chi connectivity index (χ0) is 21.8. The predicted molar refractivity (Wildman–Crippen MR) is 118 cm³/mol. The molecule has 0 atom stereocenters. The number of rotatable bonds is 6. The highest BCUT2D eigenvalue weighted by molar-refractivity contribution is 7.92. The highest BCUT2D eigenvalue weighted by Crippen LogP contribution is 2.24. The molecule has 31 heavy (non-hydrogen) atoms. The summed E-state index contributed by atoms with van der Waals surface area (Å²) in [5.74, 6) is -0.492. The first kappa shape index (κ1) is 20.3.